The molecule has 0 fully saturated rings. The second-order valence-corrected chi connectivity index (χ2v) is 6.52. The summed E-state index contributed by atoms with van der Waals surface area (Å²) < 4.78 is 0. The number of benzene rings is 2. The van der Waals surface area contributed by atoms with Crippen LogP contribution in [-0.2, 0) is 9.59 Å². The zero-order valence-corrected chi connectivity index (χ0v) is 15.5. The molecule has 0 aliphatic rings. The topological polar surface area (TPSA) is 86.7 Å². The number of carbonyl (C=O) groups excluding carboxylic acids is 2. The molecule has 142 valence electrons. The van der Waals surface area contributed by atoms with Crippen molar-refractivity contribution in [2.24, 2.45) is 0 Å². The zero-order valence-electron chi connectivity index (χ0n) is 15.5. The Morgan fingerprint density at radius 3 is 2.04 bits per heavy atom. The Morgan fingerprint density at radius 2 is 1.52 bits per heavy atom. The smallest absolute Gasteiger partial charge is 0.323 e. The maximum atomic E-state index is 12.7. The number of carboxylic acids is 1. The van der Waals surface area contributed by atoms with Crippen LogP contribution in [0.5, 0.6) is 0 Å². The molecular formula is C21H24N2O4. The van der Waals surface area contributed by atoms with E-state index in [1.807, 2.05) is 36.4 Å². The fraction of sp³-hybridized carbons (Fsp3) is 0.286. The highest BCUT2D eigenvalue weighted by Crippen LogP contribution is 2.19. The van der Waals surface area contributed by atoms with Crippen LogP contribution < -0.4 is 5.32 Å². The average molecular weight is 368 g/mol. The van der Waals surface area contributed by atoms with E-state index in [0.29, 0.717) is 5.56 Å². The summed E-state index contributed by atoms with van der Waals surface area (Å²) in [5.74, 6) is -1.68. The number of amides is 2. The number of rotatable bonds is 8. The summed E-state index contributed by atoms with van der Waals surface area (Å²) in [6, 6.07) is 17.1. The van der Waals surface area contributed by atoms with Gasteiger partial charge in [0.1, 0.15) is 6.54 Å². The fourth-order valence-corrected chi connectivity index (χ4v) is 2.76. The van der Waals surface area contributed by atoms with Crippen molar-refractivity contribution in [3.63, 3.8) is 0 Å². The second kappa shape index (κ2) is 9.52. The highest BCUT2D eigenvalue weighted by molar-refractivity contribution is 5.94. The van der Waals surface area contributed by atoms with Gasteiger partial charge in [-0.15, -0.1) is 0 Å². The van der Waals surface area contributed by atoms with E-state index in [4.69, 9.17) is 5.11 Å². The Labute approximate surface area is 158 Å². The van der Waals surface area contributed by atoms with Gasteiger partial charge in [-0.05, 0) is 31.5 Å². The van der Waals surface area contributed by atoms with Crippen molar-refractivity contribution in [3.8, 4) is 0 Å². The van der Waals surface area contributed by atoms with Crippen molar-refractivity contribution < 1.29 is 19.5 Å². The predicted molar refractivity (Wildman–Crippen MR) is 102 cm³/mol. The molecule has 1 unspecified atom stereocenters. The van der Waals surface area contributed by atoms with Gasteiger partial charge in [0.05, 0.1) is 12.5 Å². The highest BCUT2D eigenvalue weighted by atomic mass is 16.4. The molecule has 2 aromatic rings. The summed E-state index contributed by atoms with van der Waals surface area (Å²) >= 11 is 0. The molecule has 6 heteroatoms. The van der Waals surface area contributed by atoms with Gasteiger partial charge in [-0.1, -0.05) is 48.5 Å². The lowest BCUT2D eigenvalue weighted by Crippen LogP contribution is -2.42. The van der Waals surface area contributed by atoms with Gasteiger partial charge in [0, 0.05) is 11.6 Å². The maximum absolute atomic E-state index is 12.7. The quantitative estimate of drug-likeness (QED) is 0.750. The van der Waals surface area contributed by atoms with Gasteiger partial charge in [-0.25, -0.2) is 0 Å². The number of hydrogen-bond acceptors (Lipinski definition) is 3. The van der Waals surface area contributed by atoms with Crippen LogP contribution in [0, 0.1) is 0 Å². The maximum Gasteiger partial charge on any atom is 0.323 e. The monoisotopic (exact) mass is 368 g/mol. The summed E-state index contributed by atoms with van der Waals surface area (Å²) in [6.45, 7) is 3.16. The molecule has 2 aromatic carbocycles. The number of hydrogen-bond donors (Lipinski definition) is 2. The number of carboxylic acid groups (broad SMARTS) is 1. The molecule has 0 spiro atoms. The van der Waals surface area contributed by atoms with Gasteiger partial charge in [-0.3, -0.25) is 14.4 Å². The molecule has 0 saturated heterocycles. The lowest BCUT2D eigenvalue weighted by Gasteiger charge is -2.27. The largest absolute Gasteiger partial charge is 0.480 e. The molecule has 0 aromatic heterocycles. The number of nitrogens with zero attached hydrogens (tertiary/aromatic N) is 1. The van der Waals surface area contributed by atoms with Crippen molar-refractivity contribution in [1.82, 2.24) is 10.2 Å². The van der Waals surface area contributed by atoms with Crippen LogP contribution in [-0.4, -0.2) is 40.4 Å². The van der Waals surface area contributed by atoms with E-state index in [-0.39, 0.29) is 30.8 Å². The molecule has 0 heterocycles. The second-order valence-electron chi connectivity index (χ2n) is 6.52. The standard InChI is InChI=1S/C21H24N2O4/c1-15(2)23(14-20(25)26)19(24)13-18(16-9-5-3-6-10-16)22-21(27)17-11-7-4-8-12-17/h3-12,15,18H,13-14H2,1-2H3,(H,22,27)(H,25,26). The molecule has 2 rings (SSSR count). The van der Waals surface area contributed by atoms with Crippen LogP contribution in [0.4, 0.5) is 0 Å². The lowest BCUT2D eigenvalue weighted by atomic mass is 10.0. The minimum Gasteiger partial charge on any atom is -0.480 e. The lowest BCUT2D eigenvalue weighted by molar-refractivity contribution is -0.146. The van der Waals surface area contributed by atoms with Gasteiger partial charge < -0.3 is 15.3 Å². The molecule has 0 radical (unpaired) electrons. The molecule has 2 N–H and O–H groups in total. The van der Waals surface area contributed by atoms with E-state index < -0.39 is 12.0 Å². The zero-order chi connectivity index (χ0) is 19.8. The first-order chi connectivity index (χ1) is 12.9. The minimum atomic E-state index is -1.07. The summed E-state index contributed by atoms with van der Waals surface area (Å²) in [4.78, 5) is 37.7. The van der Waals surface area contributed by atoms with Gasteiger partial charge >= 0.3 is 5.97 Å². The van der Waals surface area contributed by atoms with E-state index in [1.165, 1.54) is 4.90 Å². The van der Waals surface area contributed by atoms with Gasteiger partial charge in [0.15, 0.2) is 0 Å². The molecule has 6 nitrogen and oxygen atoms in total. The molecule has 2 amide bonds. The van der Waals surface area contributed by atoms with E-state index in [1.54, 1.807) is 38.1 Å². The Balaban J connectivity index is 2.21. The SMILES string of the molecule is CC(C)N(CC(=O)O)C(=O)CC(NC(=O)c1ccccc1)c1ccccc1. The Bertz CT molecular complexity index is 775. The first kappa shape index (κ1) is 20.2. The van der Waals surface area contributed by atoms with Crippen LogP contribution in [0.25, 0.3) is 0 Å². The highest BCUT2D eigenvalue weighted by Gasteiger charge is 2.25. The summed E-state index contributed by atoms with van der Waals surface area (Å²) in [7, 11) is 0. The van der Waals surface area contributed by atoms with Crippen LogP contribution in [0.1, 0.15) is 42.2 Å². The third-order valence-electron chi connectivity index (χ3n) is 4.17. The van der Waals surface area contributed by atoms with Gasteiger partial charge in [0.25, 0.3) is 5.91 Å². The van der Waals surface area contributed by atoms with Crippen molar-refractivity contribution in [2.45, 2.75) is 32.4 Å². The molecular weight excluding hydrogens is 344 g/mol. The van der Waals surface area contributed by atoms with Crippen LogP contribution in [0.3, 0.4) is 0 Å². The van der Waals surface area contributed by atoms with E-state index in [9.17, 15) is 14.4 Å². The van der Waals surface area contributed by atoms with Crippen molar-refractivity contribution in [1.29, 1.82) is 0 Å². The Hall–Kier alpha value is -3.15. The third-order valence-corrected chi connectivity index (χ3v) is 4.17. The van der Waals surface area contributed by atoms with Crippen LogP contribution in [0.15, 0.2) is 60.7 Å². The molecule has 0 aliphatic heterocycles. The number of aliphatic carboxylic acids is 1. The molecule has 1 atom stereocenters. The minimum absolute atomic E-state index is 0.0198. The third kappa shape index (κ3) is 5.95. The Kier molecular flexibility index (Phi) is 7.11. The van der Waals surface area contributed by atoms with Crippen molar-refractivity contribution in [2.75, 3.05) is 6.54 Å². The predicted octanol–water partition coefficient (Wildman–Crippen LogP) is 2.87. The van der Waals surface area contributed by atoms with Crippen LogP contribution >= 0.6 is 0 Å². The molecule has 27 heavy (non-hydrogen) atoms. The van der Waals surface area contributed by atoms with Gasteiger partial charge in [0.2, 0.25) is 5.91 Å². The number of carbonyl (C=O) groups is 3. The molecule has 0 bridgehead atoms. The average Bonchev–Trinajstić information content (AvgIpc) is 2.66. The summed E-state index contributed by atoms with van der Waals surface area (Å²) in [6.07, 6.45) is -0.0198. The number of nitrogens with one attached hydrogen (secondary N) is 1. The van der Waals surface area contributed by atoms with E-state index in [0.717, 1.165) is 5.56 Å². The molecule has 0 saturated carbocycles. The normalized spacial score (nSPS) is 11.7. The molecule has 0 aliphatic carbocycles. The summed E-state index contributed by atoms with van der Waals surface area (Å²) in [5.41, 5.74) is 1.28. The van der Waals surface area contributed by atoms with E-state index >= 15 is 0 Å². The Morgan fingerprint density at radius 1 is 0.963 bits per heavy atom. The van der Waals surface area contributed by atoms with Crippen LogP contribution in [0.2, 0.25) is 0 Å². The van der Waals surface area contributed by atoms with Crippen molar-refractivity contribution in [3.05, 3.63) is 71.8 Å². The summed E-state index contributed by atoms with van der Waals surface area (Å²) in [5, 5.41) is 12.0. The van der Waals surface area contributed by atoms with E-state index in [2.05, 4.69) is 5.32 Å². The first-order valence-corrected chi connectivity index (χ1v) is 8.80. The van der Waals surface area contributed by atoms with Gasteiger partial charge in [-0.2, -0.15) is 0 Å². The fourth-order valence-electron chi connectivity index (χ4n) is 2.76. The van der Waals surface area contributed by atoms with Crippen molar-refractivity contribution >= 4 is 17.8 Å². The first-order valence-electron chi connectivity index (χ1n) is 8.80.